The summed E-state index contributed by atoms with van der Waals surface area (Å²) in [7, 11) is 1.88. The molecule has 132 valence electrons. The van der Waals surface area contributed by atoms with Gasteiger partial charge in [-0.25, -0.2) is 9.37 Å². The van der Waals surface area contributed by atoms with Gasteiger partial charge in [-0.15, -0.1) is 11.3 Å². The second kappa shape index (κ2) is 7.77. The molecule has 0 fully saturated rings. The van der Waals surface area contributed by atoms with Crippen molar-refractivity contribution < 1.29 is 14.2 Å². The molecule has 3 aromatic rings. The van der Waals surface area contributed by atoms with Gasteiger partial charge in [0.2, 0.25) is 0 Å². The maximum Gasteiger partial charge on any atom is 0.124 e. The molecule has 0 bridgehead atoms. The number of nitrogens with two attached hydrogens (primary N) is 1. The largest absolute Gasteiger partial charge is 0.492 e. The monoisotopic (exact) mass is 361 g/mol. The Morgan fingerprint density at radius 3 is 2.72 bits per heavy atom. The fourth-order valence-electron chi connectivity index (χ4n) is 2.32. The number of thiazole rings is 1. The van der Waals surface area contributed by atoms with Crippen molar-refractivity contribution in [3.8, 4) is 16.3 Å². The molecule has 25 heavy (non-hydrogen) atoms. The third kappa shape index (κ3) is 4.07. The molecule has 7 heteroatoms. The molecular formula is C18H20FN3O2S. The summed E-state index contributed by atoms with van der Waals surface area (Å²) in [5.41, 5.74) is 8.65. The molecule has 2 unspecified atom stereocenters. The van der Waals surface area contributed by atoms with Crippen LogP contribution in [0.3, 0.4) is 0 Å². The molecule has 0 amide bonds. The minimum Gasteiger partial charge on any atom is -0.492 e. The smallest absolute Gasteiger partial charge is 0.124 e. The molecule has 2 aromatic carbocycles. The van der Waals surface area contributed by atoms with Crippen molar-refractivity contribution in [2.24, 2.45) is 5.73 Å². The molecule has 1 heterocycles. The number of nitrogens with one attached hydrogen (secondary N) is 1. The first-order valence-electron chi connectivity index (χ1n) is 7.92. The summed E-state index contributed by atoms with van der Waals surface area (Å²) < 4.78 is 18.9. The van der Waals surface area contributed by atoms with Gasteiger partial charge in [-0.1, -0.05) is 0 Å². The number of aliphatic hydroxyl groups excluding tert-OH is 1. The van der Waals surface area contributed by atoms with E-state index >= 15 is 0 Å². The first-order chi connectivity index (χ1) is 12.1. The zero-order chi connectivity index (χ0) is 17.8. The van der Waals surface area contributed by atoms with Gasteiger partial charge in [0, 0.05) is 18.3 Å². The van der Waals surface area contributed by atoms with Crippen LogP contribution in [0.15, 0.2) is 42.5 Å². The first-order valence-corrected chi connectivity index (χ1v) is 8.73. The first kappa shape index (κ1) is 17.6. The van der Waals surface area contributed by atoms with Crippen LogP contribution < -0.4 is 15.8 Å². The highest BCUT2D eigenvalue weighted by Crippen LogP contribution is 2.32. The van der Waals surface area contributed by atoms with E-state index in [0.717, 1.165) is 26.5 Å². The number of nitrogens with zero attached hydrogens (tertiary/aromatic N) is 1. The van der Waals surface area contributed by atoms with Crippen LogP contribution in [0.5, 0.6) is 5.75 Å². The van der Waals surface area contributed by atoms with Gasteiger partial charge < -0.3 is 20.9 Å². The number of ether oxygens (including phenoxy) is 1. The maximum absolute atomic E-state index is 12.4. The lowest BCUT2D eigenvalue weighted by Crippen LogP contribution is -2.41. The van der Waals surface area contributed by atoms with E-state index in [0.29, 0.717) is 5.75 Å². The lowest BCUT2D eigenvalue weighted by atomic mass is 10.2. The topological polar surface area (TPSA) is 80.4 Å². The zero-order valence-corrected chi connectivity index (χ0v) is 14.6. The van der Waals surface area contributed by atoms with Crippen molar-refractivity contribution >= 4 is 27.2 Å². The number of benzene rings is 2. The zero-order valence-electron chi connectivity index (χ0n) is 13.8. The van der Waals surface area contributed by atoms with Gasteiger partial charge in [0.15, 0.2) is 0 Å². The van der Waals surface area contributed by atoms with Crippen LogP contribution >= 0.6 is 11.3 Å². The normalized spacial score (nSPS) is 13.6. The Morgan fingerprint density at radius 2 is 2.04 bits per heavy atom. The number of anilines is 1. The summed E-state index contributed by atoms with van der Waals surface area (Å²) in [5.74, 6) is 0.620. The van der Waals surface area contributed by atoms with E-state index in [4.69, 9.17) is 10.5 Å². The molecule has 0 aliphatic rings. The Hall–Kier alpha value is -2.22. The van der Waals surface area contributed by atoms with Gasteiger partial charge >= 0.3 is 0 Å². The lowest BCUT2D eigenvalue weighted by Gasteiger charge is -2.16. The quantitative estimate of drug-likeness (QED) is 0.603. The van der Waals surface area contributed by atoms with E-state index in [1.54, 1.807) is 17.4 Å². The van der Waals surface area contributed by atoms with Crippen molar-refractivity contribution in [2.75, 3.05) is 25.6 Å². The molecular weight excluding hydrogens is 341 g/mol. The van der Waals surface area contributed by atoms with E-state index in [9.17, 15) is 9.50 Å². The second-order valence-electron chi connectivity index (χ2n) is 5.67. The minimum atomic E-state index is -1.21. The fraction of sp³-hybridized carbons (Fsp3) is 0.278. The molecule has 3 rings (SSSR count). The molecule has 0 saturated heterocycles. The molecule has 0 saturated carbocycles. The number of alkyl halides is 1. The fourth-order valence-corrected chi connectivity index (χ4v) is 3.32. The Balaban J connectivity index is 1.76. The third-order valence-corrected chi connectivity index (χ3v) is 4.94. The highest BCUT2D eigenvalue weighted by molar-refractivity contribution is 7.21. The Bertz CT molecular complexity index is 838. The van der Waals surface area contributed by atoms with Crippen molar-refractivity contribution in [3.05, 3.63) is 42.5 Å². The van der Waals surface area contributed by atoms with Crippen molar-refractivity contribution in [2.45, 2.75) is 12.1 Å². The molecule has 5 nitrogen and oxygen atoms in total. The standard InChI is InChI=1S/C18H20FN3O2S/c1-21-12-4-2-11(3-5-12)18-22-15-7-6-13(8-17(15)25-18)24-10-14(20)16(23)9-19/h2-8,14,16,21,23H,9-10,20H2,1H3. The third-order valence-electron chi connectivity index (χ3n) is 3.88. The van der Waals surface area contributed by atoms with Crippen LogP contribution in [0.2, 0.25) is 0 Å². The highest BCUT2D eigenvalue weighted by atomic mass is 32.1. The molecule has 0 radical (unpaired) electrons. The SMILES string of the molecule is CNc1ccc(-c2nc3ccc(OCC(N)C(O)CF)cc3s2)cc1. The van der Waals surface area contributed by atoms with Crippen LogP contribution in [0, 0.1) is 0 Å². The van der Waals surface area contributed by atoms with Crippen LogP contribution in [0.1, 0.15) is 0 Å². The van der Waals surface area contributed by atoms with Crippen molar-refractivity contribution in [3.63, 3.8) is 0 Å². The van der Waals surface area contributed by atoms with Gasteiger partial charge in [0.1, 0.15) is 30.1 Å². The number of halogens is 1. The maximum atomic E-state index is 12.4. The van der Waals surface area contributed by atoms with Crippen LogP contribution in [0.25, 0.3) is 20.8 Å². The Labute approximate surface area is 149 Å². The van der Waals surface area contributed by atoms with E-state index in [-0.39, 0.29) is 6.61 Å². The number of aliphatic hydroxyl groups is 1. The molecule has 1 aromatic heterocycles. The number of rotatable bonds is 7. The number of fused-ring (bicyclic) bond motifs is 1. The van der Waals surface area contributed by atoms with Crippen molar-refractivity contribution in [1.29, 1.82) is 0 Å². The summed E-state index contributed by atoms with van der Waals surface area (Å²) in [6.45, 7) is -0.832. The summed E-state index contributed by atoms with van der Waals surface area (Å²) in [5, 5.41) is 13.4. The summed E-state index contributed by atoms with van der Waals surface area (Å²) in [4.78, 5) is 4.64. The van der Waals surface area contributed by atoms with Crippen LogP contribution in [-0.2, 0) is 0 Å². The molecule has 0 aliphatic heterocycles. The number of hydrogen-bond donors (Lipinski definition) is 3. The highest BCUT2D eigenvalue weighted by Gasteiger charge is 2.15. The number of hydrogen-bond acceptors (Lipinski definition) is 6. The van der Waals surface area contributed by atoms with E-state index < -0.39 is 18.8 Å². The summed E-state index contributed by atoms with van der Waals surface area (Å²) >= 11 is 1.57. The van der Waals surface area contributed by atoms with Crippen LogP contribution in [-0.4, -0.2) is 42.6 Å². The number of aromatic nitrogens is 1. The molecule has 2 atom stereocenters. The Kier molecular flexibility index (Phi) is 5.47. The van der Waals surface area contributed by atoms with E-state index in [2.05, 4.69) is 10.3 Å². The van der Waals surface area contributed by atoms with Crippen molar-refractivity contribution in [1.82, 2.24) is 4.98 Å². The van der Waals surface area contributed by atoms with E-state index in [1.165, 1.54) is 0 Å². The predicted molar refractivity (Wildman–Crippen MR) is 100 cm³/mol. The molecule has 0 spiro atoms. The Morgan fingerprint density at radius 1 is 1.28 bits per heavy atom. The van der Waals surface area contributed by atoms with E-state index in [1.807, 2.05) is 43.4 Å². The molecule has 4 N–H and O–H groups in total. The average Bonchev–Trinajstić information content (AvgIpc) is 3.08. The summed E-state index contributed by atoms with van der Waals surface area (Å²) in [6.07, 6.45) is -1.21. The van der Waals surface area contributed by atoms with Gasteiger partial charge in [-0.3, -0.25) is 0 Å². The van der Waals surface area contributed by atoms with Gasteiger partial charge in [-0.2, -0.15) is 0 Å². The van der Waals surface area contributed by atoms with Gasteiger partial charge in [0.05, 0.1) is 16.3 Å². The average molecular weight is 361 g/mol. The van der Waals surface area contributed by atoms with Crippen LogP contribution in [0.4, 0.5) is 10.1 Å². The predicted octanol–water partition coefficient (Wildman–Crippen LogP) is 3.04. The minimum absolute atomic E-state index is 0.0493. The lowest BCUT2D eigenvalue weighted by molar-refractivity contribution is 0.0910. The molecule has 0 aliphatic carbocycles. The van der Waals surface area contributed by atoms with Gasteiger partial charge in [0.25, 0.3) is 0 Å². The van der Waals surface area contributed by atoms with Gasteiger partial charge in [-0.05, 0) is 42.5 Å². The second-order valence-corrected chi connectivity index (χ2v) is 6.70. The summed E-state index contributed by atoms with van der Waals surface area (Å²) in [6, 6.07) is 12.9.